The fourth-order valence-electron chi connectivity index (χ4n) is 4.70. The Morgan fingerprint density at radius 2 is 1.49 bits per heavy atom. The third-order valence-electron chi connectivity index (χ3n) is 7.21. The minimum absolute atomic E-state index is 0.00270. The summed E-state index contributed by atoms with van der Waals surface area (Å²) in [5, 5.41) is 23.9. The molecule has 254 valence electrons. The highest BCUT2D eigenvalue weighted by molar-refractivity contribution is 5.92. The first-order valence-electron chi connectivity index (χ1n) is 15.1. The number of nitrogens with one attached hydrogen (secondary N) is 1. The molecule has 5 aromatic rings. The maximum atomic E-state index is 12.5. The van der Waals surface area contributed by atoms with Crippen LogP contribution in [0, 0.1) is 6.92 Å². The monoisotopic (exact) mass is 674 g/mol. The first-order chi connectivity index (χ1) is 23.4. The second kappa shape index (κ2) is 16.7. The number of amides is 1. The van der Waals surface area contributed by atoms with Gasteiger partial charge in [0.2, 0.25) is 0 Å². The zero-order valence-electron chi connectivity index (χ0n) is 26.4. The maximum Gasteiger partial charge on any atom is 0.490 e. The smallest absolute Gasteiger partial charge is 0.490 e. The molecule has 3 aromatic carbocycles. The standard InChI is InChI=1S/C34H32N4O4.C2HF3O2/c1-24-21-32(28-12-10-26(11-13-28)25-7-3-2-4-8-25)37-38(24)19-20-42-30-16-14-27(15-17-33(39)40)29(22-30)23-36-34(41)31-9-5-6-18-35-31;3-2(4,5)1(6)7/h2-14,16,18,21-22H,15,17,19-20,23H2,1H3,(H,36,41)(H,39,40);(H,6,7). The number of alkyl halides is 3. The molecular formula is C36H33F3N4O6. The highest BCUT2D eigenvalue weighted by Crippen LogP contribution is 2.25. The van der Waals surface area contributed by atoms with Crippen LogP contribution in [0.4, 0.5) is 13.2 Å². The molecule has 0 spiro atoms. The lowest BCUT2D eigenvalue weighted by molar-refractivity contribution is -0.192. The third-order valence-corrected chi connectivity index (χ3v) is 7.21. The molecule has 2 heterocycles. The molecule has 5 rings (SSSR count). The van der Waals surface area contributed by atoms with Crippen molar-refractivity contribution >= 4 is 17.8 Å². The summed E-state index contributed by atoms with van der Waals surface area (Å²) in [6, 6.07) is 31.4. The van der Waals surface area contributed by atoms with Crippen molar-refractivity contribution in [2.75, 3.05) is 6.61 Å². The number of carbonyl (C=O) groups excluding carboxylic acids is 1. The van der Waals surface area contributed by atoms with Crippen molar-refractivity contribution < 1.29 is 42.5 Å². The predicted octanol–water partition coefficient (Wildman–Crippen LogP) is 6.58. The Balaban J connectivity index is 0.000000698. The lowest BCUT2D eigenvalue weighted by Gasteiger charge is -2.14. The van der Waals surface area contributed by atoms with Crippen molar-refractivity contribution in [3.63, 3.8) is 0 Å². The number of pyridine rings is 1. The van der Waals surface area contributed by atoms with E-state index in [1.807, 2.05) is 48.0 Å². The summed E-state index contributed by atoms with van der Waals surface area (Å²) < 4.78 is 39.7. The highest BCUT2D eigenvalue weighted by atomic mass is 19.4. The summed E-state index contributed by atoms with van der Waals surface area (Å²) in [5.41, 5.74) is 7.28. The third kappa shape index (κ3) is 10.8. The summed E-state index contributed by atoms with van der Waals surface area (Å²) in [6.07, 6.45) is -3.17. The maximum absolute atomic E-state index is 12.5. The van der Waals surface area contributed by atoms with E-state index in [2.05, 4.69) is 52.8 Å². The Morgan fingerprint density at radius 1 is 0.837 bits per heavy atom. The van der Waals surface area contributed by atoms with Gasteiger partial charge in [-0.1, -0.05) is 66.7 Å². The van der Waals surface area contributed by atoms with Gasteiger partial charge < -0.3 is 20.3 Å². The molecule has 0 bridgehead atoms. The molecule has 1 amide bonds. The molecule has 0 aliphatic carbocycles. The molecule has 10 nitrogen and oxygen atoms in total. The molecule has 13 heteroatoms. The molecule has 3 N–H and O–H groups in total. The Kier molecular flexibility index (Phi) is 12.2. The normalized spacial score (nSPS) is 10.9. The van der Waals surface area contributed by atoms with Crippen LogP contribution in [0.1, 0.15) is 33.7 Å². The number of carbonyl (C=O) groups is 3. The van der Waals surface area contributed by atoms with E-state index in [1.165, 1.54) is 5.56 Å². The van der Waals surface area contributed by atoms with E-state index in [0.29, 0.717) is 31.0 Å². The number of halogens is 3. The summed E-state index contributed by atoms with van der Waals surface area (Å²) in [5.74, 6) is -3.30. The Hall–Kier alpha value is -5.98. The van der Waals surface area contributed by atoms with Crippen LogP contribution < -0.4 is 10.1 Å². The fraction of sp³-hybridized carbons (Fsp3) is 0.194. The van der Waals surface area contributed by atoms with Gasteiger partial charge in [-0.25, -0.2) is 4.79 Å². The van der Waals surface area contributed by atoms with E-state index in [1.54, 1.807) is 24.4 Å². The van der Waals surface area contributed by atoms with Gasteiger partial charge in [0, 0.05) is 30.4 Å². The van der Waals surface area contributed by atoms with E-state index in [0.717, 1.165) is 33.6 Å². The van der Waals surface area contributed by atoms with Crippen LogP contribution in [0.5, 0.6) is 5.75 Å². The molecular weight excluding hydrogens is 641 g/mol. The van der Waals surface area contributed by atoms with Crippen molar-refractivity contribution in [1.29, 1.82) is 0 Å². The van der Waals surface area contributed by atoms with Crippen molar-refractivity contribution in [1.82, 2.24) is 20.1 Å². The van der Waals surface area contributed by atoms with Gasteiger partial charge in [-0.3, -0.25) is 19.3 Å². The minimum Gasteiger partial charge on any atom is -0.492 e. The summed E-state index contributed by atoms with van der Waals surface area (Å²) >= 11 is 0. The average Bonchev–Trinajstić information content (AvgIpc) is 3.47. The van der Waals surface area contributed by atoms with E-state index < -0.39 is 18.1 Å². The first-order valence-corrected chi connectivity index (χ1v) is 15.1. The number of nitrogens with zero attached hydrogens (tertiary/aromatic N) is 3. The van der Waals surface area contributed by atoms with Gasteiger partial charge in [-0.2, -0.15) is 18.3 Å². The van der Waals surface area contributed by atoms with Crippen molar-refractivity contribution in [3.05, 3.63) is 126 Å². The van der Waals surface area contributed by atoms with Crippen molar-refractivity contribution in [2.45, 2.75) is 39.0 Å². The number of rotatable bonds is 12. The Labute approximate surface area is 279 Å². The second-order valence-electron chi connectivity index (χ2n) is 10.7. The van der Waals surface area contributed by atoms with Crippen molar-refractivity contribution in [2.24, 2.45) is 0 Å². The number of carboxylic acid groups (broad SMARTS) is 2. The van der Waals surface area contributed by atoms with E-state index in [9.17, 15) is 22.8 Å². The molecule has 2 aromatic heterocycles. The molecule has 0 radical (unpaired) electrons. The molecule has 0 saturated heterocycles. The van der Waals surface area contributed by atoms with Crippen LogP contribution >= 0.6 is 0 Å². The average molecular weight is 675 g/mol. The second-order valence-corrected chi connectivity index (χ2v) is 10.7. The predicted molar refractivity (Wildman–Crippen MR) is 175 cm³/mol. The summed E-state index contributed by atoms with van der Waals surface area (Å²) in [4.78, 5) is 36.7. The van der Waals surface area contributed by atoms with Crippen LogP contribution in [0.3, 0.4) is 0 Å². The fourth-order valence-corrected chi connectivity index (χ4v) is 4.70. The summed E-state index contributed by atoms with van der Waals surface area (Å²) in [7, 11) is 0. The number of hydrogen-bond donors (Lipinski definition) is 3. The first kappa shape index (κ1) is 35.9. The topological polar surface area (TPSA) is 144 Å². The van der Waals surface area contributed by atoms with Crippen LogP contribution in [-0.2, 0) is 29.1 Å². The van der Waals surface area contributed by atoms with E-state index >= 15 is 0 Å². The number of aliphatic carboxylic acids is 2. The molecule has 0 atom stereocenters. The van der Waals surface area contributed by atoms with Crippen LogP contribution in [0.2, 0.25) is 0 Å². The summed E-state index contributed by atoms with van der Waals surface area (Å²) in [6.45, 7) is 3.20. The molecule has 0 unspecified atom stereocenters. The highest BCUT2D eigenvalue weighted by Gasteiger charge is 2.38. The molecule has 49 heavy (non-hydrogen) atoms. The van der Waals surface area contributed by atoms with Crippen LogP contribution in [0.25, 0.3) is 22.4 Å². The molecule has 0 saturated carbocycles. The minimum atomic E-state index is -5.08. The zero-order valence-corrected chi connectivity index (χ0v) is 26.4. The van der Waals surface area contributed by atoms with Crippen LogP contribution in [0.15, 0.2) is 103 Å². The number of benzene rings is 3. The van der Waals surface area contributed by atoms with Gasteiger partial charge in [-0.05, 0) is 65.9 Å². The molecule has 0 fully saturated rings. The van der Waals surface area contributed by atoms with Gasteiger partial charge in [0.25, 0.3) is 5.91 Å². The molecule has 0 aliphatic heterocycles. The number of hydrogen-bond acceptors (Lipinski definition) is 6. The quantitative estimate of drug-likeness (QED) is 0.135. The van der Waals surface area contributed by atoms with E-state index in [-0.39, 0.29) is 18.9 Å². The van der Waals surface area contributed by atoms with Gasteiger partial charge >= 0.3 is 18.1 Å². The lowest BCUT2D eigenvalue weighted by Crippen LogP contribution is -2.24. The Bertz CT molecular complexity index is 1860. The van der Waals surface area contributed by atoms with E-state index in [4.69, 9.17) is 24.8 Å². The van der Waals surface area contributed by atoms with Gasteiger partial charge in [0.05, 0.1) is 12.2 Å². The van der Waals surface area contributed by atoms with Gasteiger partial charge in [0.1, 0.15) is 18.1 Å². The zero-order chi connectivity index (χ0) is 35.4. The molecule has 0 aliphatic rings. The van der Waals surface area contributed by atoms with Crippen molar-refractivity contribution in [3.8, 4) is 28.1 Å². The number of aromatic nitrogens is 3. The largest absolute Gasteiger partial charge is 0.492 e. The number of carboxylic acids is 2. The number of aryl methyl sites for hydroxylation is 2. The SMILES string of the molecule is Cc1cc(-c2ccc(-c3ccccc3)cc2)nn1CCOc1ccc(CCC(=O)O)c(CNC(=O)c2ccccn2)c1.O=C(O)C(F)(F)F. The van der Waals surface area contributed by atoms with Gasteiger partial charge in [-0.15, -0.1) is 0 Å². The Morgan fingerprint density at radius 3 is 2.12 bits per heavy atom. The van der Waals surface area contributed by atoms with Crippen LogP contribution in [-0.4, -0.2) is 55.6 Å². The lowest BCUT2D eigenvalue weighted by atomic mass is 10.0. The van der Waals surface area contributed by atoms with Gasteiger partial charge in [0.15, 0.2) is 0 Å². The number of ether oxygens (including phenoxy) is 1.